The lowest BCUT2D eigenvalue weighted by Gasteiger charge is -2.24. The van der Waals surface area contributed by atoms with Gasteiger partial charge in [-0.2, -0.15) is 5.26 Å². The zero-order valence-electron chi connectivity index (χ0n) is 9.35. The number of halogens is 1. The molecule has 5 nitrogen and oxygen atoms in total. The first-order chi connectivity index (χ1) is 8.60. The SMILES string of the molecule is N#Cc1cc(F)cc(CN2C(=O)COCC2=O)c1. The normalized spacial score (nSPS) is 15.7. The first kappa shape index (κ1) is 12.2. The van der Waals surface area contributed by atoms with Gasteiger partial charge in [0.15, 0.2) is 0 Å². The van der Waals surface area contributed by atoms with E-state index >= 15 is 0 Å². The van der Waals surface area contributed by atoms with Crippen molar-refractivity contribution >= 4 is 11.8 Å². The van der Waals surface area contributed by atoms with Crippen molar-refractivity contribution in [2.75, 3.05) is 13.2 Å². The van der Waals surface area contributed by atoms with Gasteiger partial charge in [-0.25, -0.2) is 4.39 Å². The number of ether oxygens (including phenoxy) is 1. The fraction of sp³-hybridized carbons (Fsp3) is 0.250. The van der Waals surface area contributed by atoms with Gasteiger partial charge in [0.2, 0.25) is 0 Å². The van der Waals surface area contributed by atoms with Crippen LogP contribution in [-0.4, -0.2) is 29.9 Å². The molecule has 0 aliphatic carbocycles. The average molecular weight is 248 g/mol. The van der Waals surface area contributed by atoms with Crippen molar-refractivity contribution in [1.29, 1.82) is 5.26 Å². The Morgan fingerprint density at radius 1 is 1.28 bits per heavy atom. The van der Waals surface area contributed by atoms with Gasteiger partial charge in [-0.05, 0) is 23.8 Å². The molecule has 6 heteroatoms. The maximum atomic E-state index is 13.2. The summed E-state index contributed by atoms with van der Waals surface area (Å²) in [6, 6.07) is 5.54. The van der Waals surface area contributed by atoms with Crippen molar-refractivity contribution in [3.8, 4) is 6.07 Å². The van der Waals surface area contributed by atoms with E-state index < -0.39 is 17.6 Å². The number of hydrogen-bond acceptors (Lipinski definition) is 4. The van der Waals surface area contributed by atoms with E-state index in [-0.39, 0.29) is 25.3 Å². The lowest BCUT2D eigenvalue weighted by molar-refractivity contribution is -0.159. The van der Waals surface area contributed by atoms with E-state index in [9.17, 15) is 14.0 Å². The summed E-state index contributed by atoms with van der Waals surface area (Å²) >= 11 is 0. The van der Waals surface area contributed by atoms with Gasteiger partial charge in [0.1, 0.15) is 19.0 Å². The Morgan fingerprint density at radius 2 is 1.94 bits per heavy atom. The molecule has 92 valence electrons. The monoisotopic (exact) mass is 248 g/mol. The number of nitrogens with zero attached hydrogens (tertiary/aromatic N) is 2. The van der Waals surface area contributed by atoms with Crippen LogP contribution in [0.1, 0.15) is 11.1 Å². The van der Waals surface area contributed by atoms with Crippen molar-refractivity contribution in [3.63, 3.8) is 0 Å². The van der Waals surface area contributed by atoms with Crippen molar-refractivity contribution < 1.29 is 18.7 Å². The van der Waals surface area contributed by atoms with Crippen LogP contribution in [0.2, 0.25) is 0 Å². The quantitative estimate of drug-likeness (QED) is 0.718. The Labute approximate surface area is 102 Å². The number of hydrogen-bond donors (Lipinski definition) is 0. The Hall–Kier alpha value is -2.26. The third-order valence-electron chi connectivity index (χ3n) is 2.48. The van der Waals surface area contributed by atoms with E-state index in [4.69, 9.17) is 10.00 Å². The van der Waals surface area contributed by atoms with Crippen LogP contribution < -0.4 is 0 Å². The number of nitriles is 1. The number of carbonyl (C=O) groups excluding carboxylic acids is 2. The van der Waals surface area contributed by atoms with Gasteiger partial charge in [-0.15, -0.1) is 0 Å². The smallest absolute Gasteiger partial charge is 0.255 e. The Bertz CT molecular complexity index is 535. The van der Waals surface area contributed by atoms with Gasteiger partial charge in [0.25, 0.3) is 11.8 Å². The minimum absolute atomic E-state index is 0.0481. The van der Waals surface area contributed by atoms with E-state index in [0.29, 0.717) is 5.56 Å². The second-order valence-electron chi connectivity index (χ2n) is 3.83. The fourth-order valence-electron chi connectivity index (χ4n) is 1.69. The summed E-state index contributed by atoms with van der Waals surface area (Å²) in [5, 5.41) is 8.71. The van der Waals surface area contributed by atoms with E-state index in [1.54, 1.807) is 0 Å². The highest BCUT2D eigenvalue weighted by molar-refractivity contribution is 5.98. The number of imide groups is 1. The molecule has 1 saturated heterocycles. The maximum Gasteiger partial charge on any atom is 0.255 e. The minimum Gasteiger partial charge on any atom is -0.362 e. The molecule has 2 amide bonds. The van der Waals surface area contributed by atoms with Crippen LogP contribution in [0.5, 0.6) is 0 Å². The Morgan fingerprint density at radius 3 is 2.56 bits per heavy atom. The molecule has 0 N–H and O–H groups in total. The van der Waals surface area contributed by atoms with Crippen LogP contribution >= 0.6 is 0 Å². The molecule has 0 atom stereocenters. The van der Waals surface area contributed by atoms with E-state index in [1.807, 2.05) is 6.07 Å². The van der Waals surface area contributed by atoms with E-state index in [0.717, 1.165) is 11.0 Å². The third kappa shape index (κ3) is 2.52. The molecule has 1 aromatic rings. The zero-order valence-corrected chi connectivity index (χ0v) is 9.35. The van der Waals surface area contributed by atoms with E-state index in [2.05, 4.69) is 0 Å². The predicted octanol–water partition coefficient (Wildman–Crippen LogP) is 0.583. The van der Waals surface area contributed by atoms with Crippen LogP contribution in [0.25, 0.3) is 0 Å². The lowest BCUT2D eigenvalue weighted by Crippen LogP contribution is -2.45. The van der Waals surface area contributed by atoms with Crippen LogP contribution in [0.3, 0.4) is 0 Å². The molecule has 1 heterocycles. The van der Waals surface area contributed by atoms with Gasteiger partial charge < -0.3 is 4.74 Å². The second kappa shape index (κ2) is 4.94. The first-order valence-electron chi connectivity index (χ1n) is 5.20. The summed E-state index contributed by atoms with van der Waals surface area (Å²) in [6.07, 6.45) is 0. The number of rotatable bonds is 2. The Kier molecular flexibility index (Phi) is 3.35. The summed E-state index contributed by atoms with van der Waals surface area (Å²) in [7, 11) is 0. The summed E-state index contributed by atoms with van der Waals surface area (Å²) in [5.74, 6) is -1.50. The molecule has 1 fully saturated rings. The molecular formula is C12H9FN2O3. The summed E-state index contributed by atoms with van der Waals surface area (Å²) in [6.45, 7) is -0.369. The Balaban J connectivity index is 2.23. The molecule has 1 aliphatic rings. The highest BCUT2D eigenvalue weighted by atomic mass is 19.1. The molecule has 0 spiro atoms. The van der Waals surface area contributed by atoms with Gasteiger partial charge in [0, 0.05) is 0 Å². The molecule has 0 saturated carbocycles. The maximum absolute atomic E-state index is 13.2. The molecule has 0 unspecified atom stereocenters. The molecule has 0 bridgehead atoms. The number of amides is 2. The van der Waals surface area contributed by atoms with Crippen LogP contribution in [0.15, 0.2) is 18.2 Å². The molecule has 1 aliphatic heterocycles. The molecule has 0 aromatic heterocycles. The topological polar surface area (TPSA) is 70.4 Å². The van der Waals surface area contributed by atoms with Crippen molar-refractivity contribution in [2.45, 2.75) is 6.54 Å². The number of carbonyl (C=O) groups is 2. The highest BCUT2D eigenvalue weighted by Gasteiger charge is 2.26. The number of morpholine rings is 1. The average Bonchev–Trinajstić information content (AvgIpc) is 2.33. The predicted molar refractivity (Wildman–Crippen MR) is 57.5 cm³/mol. The molecule has 2 rings (SSSR count). The molecular weight excluding hydrogens is 239 g/mol. The van der Waals surface area contributed by atoms with Crippen molar-refractivity contribution in [3.05, 3.63) is 35.1 Å². The zero-order chi connectivity index (χ0) is 13.1. The summed E-state index contributed by atoms with van der Waals surface area (Å²) in [5.41, 5.74) is 0.549. The molecule has 18 heavy (non-hydrogen) atoms. The number of benzene rings is 1. The van der Waals surface area contributed by atoms with Gasteiger partial charge in [0.05, 0.1) is 18.2 Å². The summed E-state index contributed by atoms with van der Waals surface area (Å²) < 4.78 is 18.0. The second-order valence-corrected chi connectivity index (χ2v) is 3.83. The first-order valence-corrected chi connectivity index (χ1v) is 5.20. The standard InChI is InChI=1S/C12H9FN2O3/c13-10-2-8(4-14)1-9(3-10)5-15-11(16)6-18-7-12(15)17/h1-3H,5-7H2. The lowest BCUT2D eigenvalue weighted by atomic mass is 10.1. The van der Waals surface area contributed by atoms with Gasteiger partial charge in [-0.1, -0.05) is 0 Å². The van der Waals surface area contributed by atoms with Crippen LogP contribution in [0, 0.1) is 17.1 Å². The van der Waals surface area contributed by atoms with Gasteiger partial charge >= 0.3 is 0 Å². The minimum atomic E-state index is -0.572. The van der Waals surface area contributed by atoms with Crippen LogP contribution in [-0.2, 0) is 20.9 Å². The van der Waals surface area contributed by atoms with Crippen LogP contribution in [0.4, 0.5) is 4.39 Å². The fourth-order valence-corrected chi connectivity index (χ4v) is 1.69. The largest absolute Gasteiger partial charge is 0.362 e. The van der Waals surface area contributed by atoms with Crippen molar-refractivity contribution in [1.82, 2.24) is 4.90 Å². The third-order valence-corrected chi connectivity index (χ3v) is 2.48. The summed E-state index contributed by atoms with van der Waals surface area (Å²) in [4.78, 5) is 23.9. The molecule has 0 radical (unpaired) electrons. The van der Waals surface area contributed by atoms with E-state index in [1.165, 1.54) is 12.1 Å². The van der Waals surface area contributed by atoms with Gasteiger partial charge in [-0.3, -0.25) is 14.5 Å². The highest BCUT2D eigenvalue weighted by Crippen LogP contribution is 2.13. The van der Waals surface area contributed by atoms with Crippen molar-refractivity contribution in [2.24, 2.45) is 0 Å². The molecule has 1 aromatic carbocycles.